The summed E-state index contributed by atoms with van der Waals surface area (Å²) in [7, 11) is 0. The molecule has 7 nitrogen and oxygen atoms in total. The maximum absolute atomic E-state index is 12.3. The minimum absolute atomic E-state index is 0.0523. The van der Waals surface area contributed by atoms with E-state index in [1.807, 2.05) is 17.0 Å². The van der Waals surface area contributed by atoms with Crippen LogP contribution in [-0.2, 0) is 16.1 Å². The van der Waals surface area contributed by atoms with Crippen molar-refractivity contribution in [2.75, 3.05) is 26.2 Å². The van der Waals surface area contributed by atoms with Gasteiger partial charge in [-0.05, 0) is 17.7 Å². The Kier molecular flexibility index (Phi) is 4.43. The molecule has 1 aromatic rings. The summed E-state index contributed by atoms with van der Waals surface area (Å²) < 4.78 is 0. The van der Waals surface area contributed by atoms with Gasteiger partial charge in [0, 0.05) is 58.0 Å². The number of hydrogen-bond donors (Lipinski definition) is 1. The van der Waals surface area contributed by atoms with E-state index < -0.39 is 0 Å². The Morgan fingerprint density at radius 2 is 1.86 bits per heavy atom. The summed E-state index contributed by atoms with van der Waals surface area (Å²) in [6.45, 7) is 3.94. The van der Waals surface area contributed by atoms with Crippen molar-refractivity contribution in [1.82, 2.24) is 20.2 Å². The molecular weight excluding hydrogens is 282 g/mol. The van der Waals surface area contributed by atoms with E-state index in [4.69, 9.17) is 0 Å². The van der Waals surface area contributed by atoms with Crippen LogP contribution >= 0.6 is 0 Å². The number of pyridine rings is 1. The molecule has 1 saturated heterocycles. The third kappa shape index (κ3) is 3.48. The zero-order chi connectivity index (χ0) is 15.4. The second kappa shape index (κ2) is 6.65. The molecule has 0 unspecified atom stereocenters. The number of nitrogens with zero attached hydrogens (tertiary/aromatic N) is 4. The number of carbonyl (C=O) groups excluding carboxylic acids is 2. The van der Waals surface area contributed by atoms with Crippen molar-refractivity contribution in [2.24, 2.45) is 5.10 Å². The molecule has 0 atom stereocenters. The van der Waals surface area contributed by atoms with Crippen molar-refractivity contribution in [2.45, 2.75) is 19.4 Å². The first kappa shape index (κ1) is 14.6. The average Bonchev–Trinajstić information content (AvgIpc) is 2.57. The highest BCUT2D eigenvalue weighted by Gasteiger charge is 2.26. The van der Waals surface area contributed by atoms with Gasteiger partial charge in [-0.3, -0.25) is 19.5 Å². The highest BCUT2D eigenvalue weighted by atomic mass is 16.2. The van der Waals surface area contributed by atoms with Gasteiger partial charge in [0.15, 0.2) is 0 Å². The fourth-order valence-electron chi connectivity index (χ4n) is 2.67. The number of nitrogens with one attached hydrogen (secondary N) is 1. The molecule has 0 aromatic carbocycles. The first-order chi connectivity index (χ1) is 10.7. The first-order valence-corrected chi connectivity index (χ1v) is 7.48. The van der Waals surface area contributed by atoms with Gasteiger partial charge in [-0.1, -0.05) is 0 Å². The Bertz CT molecular complexity index is 579. The van der Waals surface area contributed by atoms with E-state index in [2.05, 4.69) is 20.4 Å². The standard InChI is InChI=1S/C15H19N5O2/c21-14-2-1-13(17-18-14)15(22)20-9-7-19(8-10-20)11-12-3-5-16-6-4-12/h3-6H,1-2,7-11H2,(H,18,21). The monoisotopic (exact) mass is 301 g/mol. The van der Waals surface area contributed by atoms with E-state index in [9.17, 15) is 9.59 Å². The van der Waals surface area contributed by atoms with Crippen LogP contribution in [0.4, 0.5) is 0 Å². The number of aromatic nitrogens is 1. The molecule has 116 valence electrons. The minimum Gasteiger partial charge on any atom is -0.335 e. The zero-order valence-electron chi connectivity index (χ0n) is 12.4. The predicted octanol–water partition coefficient (Wildman–Crippen LogP) is -0.00820. The van der Waals surface area contributed by atoms with Gasteiger partial charge in [0.05, 0.1) is 0 Å². The number of carbonyl (C=O) groups is 2. The van der Waals surface area contributed by atoms with E-state index in [-0.39, 0.29) is 11.8 Å². The second-order valence-corrected chi connectivity index (χ2v) is 5.52. The second-order valence-electron chi connectivity index (χ2n) is 5.52. The van der Waals surface area contributed by atoms with Crippen molar-refractivity contribution < 1.29 is 9.59 Å². The molecular formula is C15H19N5O2. The quantitative estimate of drug-likeness (QED) is 0.852. The van der Waals surface area contributed by atoms with Crippen LogP contribution in [0.3, 0.4) is 0 Å². The predicted molar refractivity (Wildman–Crippen MR) is 80.9 cm³/mol. The van der Waals surface area contributed by atoms with Crippen LogP contribution in [0.2, 0.25) is 0 Å². The molecule has 3 heterocycles. The van der Waals surface area contributed by atoms with Crippen LogP contribution in [-0.4, -0.2) is 58.5 Å². The van der Waals surface area contributed by atoms with Crippen molar-refractivity contribution in [3.8, 4) is 0 Å². The molecule has 22 heavy (non-hydrogen) atoms. The van der Waals surface area contributed by atoms with Crippen molar-refractivity contribution >= 4 is 17.5 Å². The van der Waals surface area contributed by atoms with Crippen LogP contribution in [0.5, 0.6) is 0 Å². The first-order valence-electron chi connectivity index (χ1n) is 7.48. The van der Waals surface area contributed by atoms with Gasteiger partial charge in [0.25, 0.3) is 5.91 Å². The fraction of sp³-hybridized carbons (Fsp3) is 0.467. The van der Waals surface area contributed by atoms with E-state index >= 15 is 0 Å². The third-order valence-electron chi connectivity index (χ3n) is 3.97. The highest BCUT2D eigenvalue weighted by Crippen LogP contribution is 2.10. The van der Waals surface area contributed by atoms with E-state index in [1.54, 1.807) is 12.4 Å². The average molecular weight is 301 g/mol. The van der Waals surface area contributed by atoms with Crippen molar-refractivity contribution in [3.63, 3.8) is 0 Å². The summed E-state index contributed by atoms with van der Waals surface area (Å²) >= 11 is 0. The Morgan fingerprint density at radius 1 is 1.14 bits per heavy atom. The summed E-state index contributed by atoms with van der Waals surface area (Å²) in [5.74, 6) is -0.178. The van der Waals surface area contributed by atoms with Gasteiger partial charge in [0.1, 0.15) is 5.71 Å². The summed E-state index contributed by atoms with van der Waals surface area (Å²) in [6.07, 6.45) is 4.36. The molecule has 1 aromatic heterocycles. The summed E-state index contributed by atoms with van der Waals surface area (Å²) in [5.41, 5.74) is 4.07. The van der Waals surface area contributed by atoms with Crippen molar-refractivity contribution in [1.29, 1.82) is 0 Å². The molecule has 0 bridgehead atoms. The topological polar surface area (TPSA) is 77.9 Å². The molecule has 0 radical (unpaired) electrons. The van der Waals surface area contributed by atoms with Gasteiger partial charge in [-0.25, -0.2) is 5.43 Å². The maximum Gasteiger partial charge on any atom is 0.270 e. The molecule has 2 aliphatic rings. The van der Waals surface area contributed by atoms with Crippen LogP contribution in [0.25, 0.3) is 0 Å². The van der Waals surface area contributed by atoms with E-state index in [0.717, 1.165) is 19.6 Å². The van der Waals surface area contributed by atoms with Gasteiger partial charge >= 0.3 is 0 Å². The highest BCUT2D eigenvalue weighted by molar-refractivity contribution is 6.39. The van der Waals surface area contributed by atoms with E-state index in [1.165, 1.54) is 5.56 Å². The largest absolute Gasteiger partial charge is 0.335 e. The molecule has 7 heteroatoms. The molecule has 0 spiro atoms. The van der Waals surface area contributed by atoms with E-state index in [0.29, 0.717) is 31.6 Å². The van der Waals surface area contributed by atoms with Gasteiger partial charge in [-0.15, -0.1) is 0 Å². The lowest BCUT2D eigenvalue weighted by molar-refractivity contribution is -0.126. The SMILES string of the molecule is O=C1CCC(C(=O)N2CCN(Cc3ccncc3)CC2)=NN1. The Morgan fingerprint density at radius 3 is 2.50 bits per heavy atom. The Labute approximate surface area is 129 Å². The smallest absolute Gasteiger partial charge is 0.270 e. The van der Waals surface area contributed by atoms with Crippen LogP contribution < -0.4 is 5.43 Å². The molecule has 0 aliphatic carbocycles. The van der Waals surface area contributed by atoms with Gasteiger partial charge in [0.2, 0.25) is 5.91 Å². The maximum atomic E-state index is 12.3. The summed E-state index contributed by atoms with van der Waals surface area (Å²) in [6, 6.07) is 4.02. The summed E-state index contributed by atoms with van der Waals surface area (Å²) in [4.78, 5) is 31.6. The third-order valence-corrected chi connectivity index (χ3v) is 3.97. The lowest BCUT2D eigenvalue weighted by atomic mass is 10.1. The van der Waals surface area contributed by atoms with Crippen LogP contribution in [0.1, 0.15) is 18.4 Å². The summed E-state index contributed by atoms with van der Waals surface area (Å²) in [5, 5.41) is 3.88. The van der Waals surface area contributed by atoms with Crippen molar-refractivity contribution in [3.05, 3.63) is 30.1 Å². The molecule has 2 amide bonds. The van der Waals surface area contributed by atoms with Gasteiger partial charge < -0.3 is 4.90 Å². The molecule has 2 aliphatic heterocycles. The Hall–Kier alpha value is -2.28. The van der Waals surface area contributed by atoms with Gasteiger partial charge in [-0.2, -0.15) is 5.10 Å². The van der Waals surface area contributed by atoms with Crippen LogP contribution in [0, 0.1) is 0 Å². The lowest BCUT2D eigenvalue weighted by Crippen LogP contribution is -2.51. The number of amides is 2. The fourth-order valence-corrected chi connectivity index (χ4v) is 2.67. The molecule has 1 fully saturated rings. The molecule has 1 N–H and O–H groups in total. The number of piperazine rings is 1. The Balaban J connectivity index is 1.51. The molecule has 3 rings (SSSR count). The molecule has 0 saturated carbocycles. The number of hydrogen-bond acceptors (Lipinski definition) is 5. The minimum atomic E-state index is -0.126. The van der Waals surface area contributed by atoms with Crippen LogP contribution in [0.15, 0.2) is 29.6 Å². The lowest BCUT2D eigenvalue weighted by Gasteiger charge is -2.35. The normalized spacial score (nSPS) is 19.5. The number of hydrazone groups is 1. The number of rotatable bonds is 3. The zero-order valence-corrected chi connectivity index (χ0v) is 12.4.